The van der Waals surface area contributed by atoms with Gasteiger partial charge in [-0.3, -0.25) is 4.79 Å². The Bertz CT molecular complexity index is 1020. The van der Waals surface area contributed by atoms with Gasteiger partial charge in [0.15, 0.2) is 11.5 Å². The highest BCUT2D eigenvalue weighted by Gasteiger charge is 2.19. The fourth-order valence-corrected chi connectivity index (χ4v) is 3.65. The van der Waals surface area contributed by atoms with Crippen LogP contribution >= 0.6 is 0 Å². The molecular formula is C20H25N7O. The molecule has 0 radical (unpaired) electrons. The highest BCUT2D eigenvalue weighted by Crippen LogP contribution is 2.16. The molecule has 0 atom stereocenters. The molecule has 0 bridgehead atoms. The summed E-state index contributed by atoms with van der Waals surface area (Å²) < 4.78 is 2.13. The normalized spacial score (nSPS) is 13.8. The topological polar surface area (TPSA) is 90.5 Å². The molecule has 1 N–H and O–H groups in total. The number of carbonyl (C=O) groups excluding carboxylic acids is 1. The SMILES string of the molecule is Cc1ccc(-n2nc(C)c(C(=O)NCc3nnc4n3CCCCC4)n2)c(C)c1. The van der Waals surface area contributed by atoms with Gasteiger partial charge in [0.1, 0.15) is 5.82 Å². The van der Waals surface area contributed by atoms with Crippen molar-refractivity contribution in [1.29, 1.82) is 0 Å². The predicted molar refractivity (Wildman–Crippen MR) is 104 cm³/mol. The Kier molecular flexibility index (Phi) is 4.93. The van der Waals surface area contributed by atoms with Gasteiger partial charge in [0.2, 0.25) is 0 Å². The monoisotopic (exact) mass is 379 g/mol. The number of carbonyl (C=O) groups is 1. The van der Waals surface area contributed by atoms with Crippen LogP contribution in [0.5, 0.6) is 0 Å². The van der Waals surface area contributed by atoms with Crippen molar-refractivity contribution in [3.63, 3.8) is 0 Å². The van der Waals surface area contributed by atoms with E-state index in [2.05, 4.69) is 36.3 Å². The van der Waals surface area contributed by atoms with E-state index in [0.29, 0.717) is 17.9 Å². The first-order valence-corrected chi connectivity index (χ1v) is 9.73. The first-order chi connectivity index (χ1) is 13.5. The molecule has 1 amide bonds. The van der Waals surface area contributed by atoms with E-state index in [4.69, 9.17) is 0 Å². The molecule has 3 aromatic rings. The van der Waals surface area contributed by atoms with Gasteiger partial charge >= 0.3 is 0 Å². The molecule has 1 aromatic carbocycles. The lowest BCUT2D eigenvalue weighted by Gasteiger charge is -2.07. The molecule has 8 nitrogen and oxygen atoms in total. The maximum Gasteiger partial charge on any atom is 0.274 e. The molecule has 0 aliphatic carbocycles. The molecule has 1 aliphatic rings. The third kappa shape index (κ3) is 3.54. The van der Waals surface area contributed by atoms with Crippen molar-refractivity contribution in [1.82, 2.24) is 35.1 Å². The van der Waals surface area contributed by atoms with Gasteiger partial charge < -0.3 is 9.88 Å². The van der Waals surface area contributed by atoms with Crippen molar-refractivity contribution in [2.75, 3.05) is 0 Å². The Morgan fingerprint density at radius 2 is 1.96 bits per heavy atom. The lowest BCUT2D eigenvalue weighted by Crippen LogP contribution is -2.26. The molecule has 0 saturated carbocycles. The van der Waals surface area contributed by atoms with E-state index in [0.717, 1.165) is 48.7 Å². The summed E-state index contributed by atoms with van der Waals surface area (Å²) in [4.78, 5) is 14.2. The number of hydrogen-bond acceptors (Lipinski definition) is 5. The van der Waals surface area contributed by atoms with Gasteiger partial charge in [0.25, 0.3) is 5.91 Å². The Hall–Kier alpha value is -3.03. The fraction of sp³-hybridized carbons (Fsp3) is 0.450. The fourth-order valence-electron chi connectivity index (χ4n) is 3.65. The quantitative estimate of drug-likeness (QED) is 0.752. The molecule has 4 rings (SSSR count). The summed E-state index contributed by atoms with van der Waals surface area (Å²) in [5, 5.41) is 20.3. The molecule has 1 aliphatic heterocycles. The predicted octanol–water partition coefficient (Wildman–Crippen LogP) is 2.44. The Morgan fingerprint density at radius 3 is 2.79 bits per heavy atom. The van der Waals surface area contributed by atoms with Crippen molar-refractivity contribution in [2.24, 2.45) is 0 Å². The number of aromatic nitrogens is 6. The van der Waals surface area contributed by atoms with E-state index in [1.165, 1.54) is 16.8 Å². The van der Waals surface area contributed by atoms with Crippen LogP contribution < -0.4 is 5.32 Å². The van der Waals surface area contributed by atoms with Crippen molar-refractivity contribution in [2.45, 2.75) is 59.5 Å². The van der Waals surface area contributed by atoms with Crippen LogP contribution in [-0.2, 0) is 19.5 Å². The van der Waals surface area contributed by atoms with E-state index in [1.54, 1.807) is 6.92 Å². The smallest absolute Gasteiger partial charge is 0.274 e. The van der Waals surface area contributed by atoms with E-state index < -0.39 is 0 Å². The maximum absolute atomic E-state index is 12.7. The van der Waals surface area contributed by atoms with Crippen LogP contribution in [0.4, 0.5) is 0 Å². The van der Waals surface area contributed by atoms with Crippen LogP contribution in [0.1, 0.15) is 58.2 Å². The molecule has 0 saturated heterocycles. The van der Waals surface area contributed by atoms with Crippen LogP contribution in [0.2, 0.25) is 0 Å². The first kappa shape index (κ1) is 18.3. The minimum absolute atomic E-state index is 0.250. The van der Waals surface area contributed by atoms with Crippen LogP contribution in [0.15, 0.2) is 18.2 Å². The van der Waals surface area contributed by atoms with Gasteiger partial charge in [0.05, 0.1) is 17.9 Å². The number of benzene rings is 1. The highest BCUT2D eigenvalue weighted by molar-refractivity contribution is 5.93. The van der Waals surface area contributed by atoms with Gasteiger partial charge in [-0.2, -0.15) is 9.90 Å². The van der Waals surface area contributed by atoms with E-state index in [9.17, 15) is 4.79 Å². The van der Waals surface area contributed by atoms with Crippen LogP contribution in [0.25, 0.3) is 5.69 Å². The minimum Gasteiger partial charge on any atom is -0.343 e. The van der Waals surface area contributed by atoms with Crippen molar-refractivity contribution in [3.05, 3.63) is 52.4 Å². The Labute approximate surface area is 164 Å². The summed E-state index contributed by atoms with van der Waals surface area (Å²) in [6.45, 7) is 7.10. The van der Waals surface area contributed by atoms with Crippen molar-refractivity contribution in [3.8, 4) is 5.69 Å². The zero-order chi connectivity index (χ0) is 19.7. The van der Waals surface area contributed by atoms with Gasteiger partial charge in [-0.1, -0.05) is 24.1 Å². The summed E-state index contributed by atoms with van der Waals surface area (Å²) in [6, 6.07) is 6.06. The zero-order valence-corrected chi connectivity index (χ0v) is 16.6. The molecule has 0 unspecified atom stereocenters. The second-order valence-electron chi connectivity index (χ2n) is 7.39. The number of rotatable bonds is 4. The van der Waals surface area contributed by atoms with E-state index in [-0.39, 0.29) is 5.91 Å². The first-order valence-electron chi connectivity index (χ1n) is 9.73. The van der Waals surface area contributed by atoms with Crippen molar-refractivity contribution >= 4 is 5.91 Å². The van der Waals surface area contributed by atoms with Crippen molar-refractivity contribution < 1.29 is 4.79 Å². The lowest BCUT2D eigenvalue weighted by molar-refractivity contribution is 0.0943. The van der Waals surface area contributed by atoms with Crippen LogP contribution in [0.3, 0.4) is 0 Å². The number of nitrogens with one attached hydrogen (secondary N) is 1. The van der Waals surface area contributed by atoms with Gasteiger partial charge in [-0.05, 0) is 45.2 Å². The standard InChI is InChI=1S/C20H25N7O/c1-13-8-9-16(14(2)11-13)27-24-15(3)19(25-27)20(28)21-12-18-23-22-17-7-5-4-6-10-26(17)18/h8-9,11H,4-7,10,12H2,1-3H3,(H,21,28). The molecule has 3 heterocycles. The van der Waals surface area contributed by atoms with Gasteiger partial charge in [-0.25, -0.2) is 0 Å². The number of nitrogens with zero attached hydrogens (tertiary/aromatic N) is 6. The second-order valence-corrected chi connectivity index (χ2v) is 7.39. The number of fused-ring (bicyclic) bond motifs is 1. The lowest BCUT2D eigenvalue weighted by atomic mass is 10.1. The summed E-state index contributed by atoms with van der Waals surface area (Å²) >= 11 is 0. The summed E-state index contributed by atoms with van der Waals surface area (Å²) in [6.07, 6.45) is 4.42. The van der Waals surface area contributed by atoms with Gasteiger partial charge in [-0.15, -0.1) is 15.3 Å². The average molecular weight is 379 g/mol. The average Bonchev–Trinajstić information content (AvgIpc) is 3.14. The number of amides is 1. The third-order valence-corrected chi connectivity index (χ3v) is 5.16. The molecule has 2 aromatic heterocycles. The minimum atomic E-state index is -0.250. The van der Waals surface area contributed by atoms with Crippen LogP contribution in [-0.4, -0.2) is 35.7 Å². The number of aryl methyl sites for hydroxylation is 4. The second kappa shape index (κ2) is 7.53. The number of hydrogen-bond donors (Lipinski definition) is 1. The van der Waals surface area contributed by atoms with Gasteiger partial charge in [0, 0.05) is 13.0 Å². The summed E-state index contributed by atoms with van der Waals surface area (Å²) in [5.41, 5.74) is 4.03. The molecule has 28 heavy (non-hydrogen) atoms. The molecule has 146 valence electrons. The molecule has 0 fully saturated rings. The third-order valence-electron chi connectivity index (χ3n) is 5.16. The zero-order valence-electron chi connectivity index (χ0n) is 16.6. The van der Waals surface area contributed by atoms with Crippen LogP contribution in [0, 0.1) is 20.8 Å². The largest absolute Gasteiger partial charge is 0.343 e. The molecule has 8 heteroatoms. The summed E-state index contributed by atoms with van der Waals surface area (Å²) in [5.74, 6) is 1.56. The maximum atomic E-state index is 12.7. The summed E-state index contributed by atoms with van der Waals surface area (Å²) in [7, 11) is 0. The molecular weight excluding hydrogens is 354 g/mol. The highest BCUT2D eigenvalue weighted by atomic mass is 16.2. The molecule has 0 spiro atoms. The van der Waals surface area contributed by atoms with E-state index in [1.807, 2.05) is 26.0 Å². The Morgan fingerprint density at radius 1 is 1.11 bits per heavy atom. The van der Waals surface area contributed by atoms with E-state index >= 15 is 0 Å². The Balaban J connectivity index is 1.50.